The molecule has 5 nitrogen and oxygen atoms in total. The quantitative estimate of drug-likeness (QED) is 0.838. The molecule has 1 aromatic heterocycles. The van der Waals surface area contributed by atoms with Crippen LogP contribution in [0.25, 0.3) is 10.9 Å². The van der Waals surface area contributed by atoms with E-state index >= 15 is 0 Å². The summed E-state index contributed by atoms with van der Waals surface area (Å²) in [5.41, 5.74) is 0.901. The predicted molar refractivity (Wildman–Crippen MR) is 65.5 cm³/mol. The van der Waals surface area contributed by atoms with Crippen LogP contribution in [0.15, 0.2) is 30.5 Å². The molecule has 0 saturated heterocycles. The fourth-order valence-electron chi connectivity index (χ4n) is 1.89. The maximum absolute atomic E-state index is 11.4. The average Bonchev–Trinajstić information content (AvgIpc) is 2.69. The number of hydrogen-bond donors (Lipinski definition) is 1. The van der Waals surface area contributed by atoms with Crippen molar-refractivity contribution in [1.82, 2.24) is 4.57 Å². The van der Waals surface area contributed by atoms with Gasteiger partial charge in [-0.25, -0.2) is 4.79 Å². The molecule has 0 radical (unpaired) electrons. The van der Waals surface area contributed by atoms with Gasteiger partial charge in [0, 0.05) is 17.1 Å². The highest BCUT2D eigenvalue weighted by molar-refractivity contribution is 6.03. The molecule has 5 heteroatoms. The van der Waals surface area contributed by atoms with Gasteiger partial charge in [-0.05, 0) is 13.0 Å². The van der Waals surface area contributed by atoms with Gasteiger partial charge in [0.05, 0.1) is 12.2 Å². The van der Waals surface area contributed by atoms with Crippen LogP contribution in [0.4, 0.5) is 0 Å². The number of carboxylic acids is 1. The highest BCUT2D eigenvalue weighted by Gasteiger charge is 2.15. The van der Waals surface area contributed by atoms with Crippen LogP contribution in [0.2, 0.25) is 0 Å². The highest BCUT2D eigenvalue weighted by Crippen LogP contribution is 2.21. The van der Waals surface area contributed by atoms with E-state index in [9.17, 15) is 9.59 Å². The van der Waals surface area contributed by atoms with Crippen molar-refractivity contribution in [2.75, 3.05) is 6.61 Å². The molecule has 0 aliphatic rings. The van der Waals surface area contributed by atoms with Gasteiger partial charge in [0.2, 0.25) is 0 Å². The molecular weight excluding hydrogens is 234 g/mol. The second kappa shape index (κ2) is 4.91. The molecule has 18 heavy (non-hydrogen) atoms. The van der Waals surface area contributed by atoms with Gasteiger partial charge in [-0.15, -0.1) is 0 Å². The zero-order valence-electron chi connectivity index (χ0n) is 9.92. The fourth-order valence-corrected chi connectivity index (χ4v) is 1.89. The van der Waals surface area contributed by atoms with Crippen LogP contribution in [0, 0.1) is 0 Å². The Morgan fingerprint density at radius 1 is 1.33 bits per heavy atom. The summed E-state index contributed by atoms with van der Waals surface area (Å²) < 4.78 is 6.45. The molecule has 94 valence electrons. The van der Waals surface area contributed by atoms with Crippen LogP contribution in [0.5, 0.6) is 0 Å². The molecule has 0 atom stereocenters. The number of carbonyl (C=O) groups excluding carboxylic acids is 1. The van der Waals surface area contributed by atoms with Crippen molar-refractivity contribution in [2.45, 2.75) is 13.5 Å². The van der Waals surface area contributed by atoms with E-state index < -0.39 is 5.97 Å². The number of fused-ring (bicyclic) bond motifs is 1. The predicted octanol–water partition coefficient (Wildman–Crippen LogP) is 1.90. The number of carbonyl (C=O) groups is 2. The Balaban J connectivity index is 2.45. The van der Waals surface area contributed by atoms with Crippen molar-refractivity contribution < 1.29 is 19.4 Å². The standard InChI is InChI=1S/C13H13NO4/c1-2-18-12(15)8-14-7-10(13(16)17)9-5-3-4-6-11(9)14/h3-7H,2,8H2,1H3,(H,16,17). The smallest absolute Gasteiger partial charge is 0.337 e. The number of esters is 1. The lowest BCUT2D eigenvalue weighted by atomic mass is 10.2. The van der Waals surface area contributed by atoms with Gasteiger partial charge in [0.25, 0.3) is 0 Å². The maximum Gasteiger partial charge on any atom is 0.337 e. The summed E-state index contributed by atoms with van der Waals surface area (Å²) in [6.07, 6.45) is 1.46. The molecule has 1 aromatic carbocycles. The number of rotatable bonds is 4. The number of para-hydroxylation sites is 1. The lowest BCUT2D eigenvalue weighted by molar-refractivity contribution is -0.143. The molecule has 0 spiro atoms. The maximum atomic E-state index is 11.4. The normalized spacial score (nSPS) is 10.5. The second-order valence-corrected chi connectivity index (χ2v) is 3.80. The summed E-state index contributed by atoms with van der Waals surface area (Å²) in [6, 6.07) is 7.07. The Bertz CT molecular complexity index is 600. The minimum absolute atomic E-state index is 0.0155. The zero-order chi connectivity index (χ0) is 13.1. The topological polar surface area (TPSA) is 68.5 Å². The summed E-state index contributed by atoms with van der Waals surface area (Å²) in [7, 11) is 0. The van der Waals surface area contributed by atoms with Crippen LogP contribution in [-0.4, -0.2) is 28.2 Å². The van der Waals surface area contributed by atoms with Crippen LogP contribution in [0.1, 0.15) is 17.3 Å². The first kappa shape index (κ1) is 12.2. The molecule has 2 rings (SSSR count). The van der Waals surface area contributed by atoms with Crippen LogP contribution < -0.4 is 0 Å². The lowest BCUT2D eigenvalue weighted by Crippen LogP contribution is -2.12. The number of nitrogens with zero attached hydrogens (tertiary/aromatic N) is 1. The summed E-state index contributed by atoms with van der Waals surface area (Å²) >= 11 is 0. The van der Waals surface area contributed by atoms with Gasteiger partial charge in [0.1, 0.15) is 6.54 Å². The molecule has 0 aliphatic heterocycles. The number of aromatic carboxylic acids is 1. The summed E-state index contributed by atoms with van der Waals surface area (Å²) in [4.78, 5) is 22.6. The third-order valence-electron chi connectivity index (χ3n) is 2.62. The molecule has 0 aliphatic carbocycles. The monoisotopic (exact) mass is 247 g/mol. The molecule has 0 fully saturated rings. The van der Waals surface area contributed by atoms with Crippen molar-refractivity contribution in [2.24, 2.45) is 0 Å². The minimum atomic E-state index is -1.01. The van der Waals surface area contributed by atoms with Gasteiger partial charge < -0.3 is 14.4 Å². The van der Waals surface area contributed by atoms with E-state index in [0.717, 1.165) is 0 Å². The number of carboxylic acid groups (broad SMARTS) is 1. The van der Waals surface area contributed by atoms with E-state index in [1.165, 1.54) is 6.20 Å². The molecular formula is C13H13NO4. The first-order chi connectivity index (χ1) is 8.63. The molecule has 0 amide bonds. The van der Waals surface area contributed by atoms with Crippen molar-refractivity contribution in [3.63, 3.8) is 0 Å². The Morgan fingerprint density at radius 3 is 2.72 bits per heavy atom. The molecule has 0 saturated carbocycles. The number of ether oxygens (including phenoxy) is 1. The Labute approximate surface area is 104 Å². The van der Waals surface area contributed by atoms with Crippen molar-refractivity contribution >= 4 is 22.8 Å². The molecule has 1 heterocycles. The van der Waals surface area contributed by atoms with Crippen LogP contribution >= 0.6 is 0 Å². The third kappa shape index (κ3) is 2.20. The van der Waals surface area contributed by atoms with E-state index in [2.05, 4.69) is 0 Å². The minimum Gasteiger partial charge on any atom is -0.478 e. The molecule has 2 aromatic rings. The summed E-state index contributed by atoms with van der Waals surface area (Å²) in [5, 5.41) is 9.72. The van der Waals surface area contributed by atoms with E-state index in [4.69, 9.17) is 9.84 Å². The van der Waals surface area contributed by atoms with E-state index in [1.807, 2.05) is 0 Å². The van der Waals surface area contributed by atoms with E-state index in [1.54, 1.807) is 35.8 Å². The Kier molecular flexibility index (Phi) is 3.32. The molecule has 1 N–H and O–H groups in total. The van der Waals surface area contributed by atoms with Gasteiger partial charge in [-0.1, -0.05) is 18.2 Å². The highest BCUT2D eigenvalue weighted by atomic mass is 16.5. The molecule has 0 unspecified atom stereocenters. The Morgan fingerprint density at radius 2 is 2.06 bits per heavy atom. The van der Waals surface area contributed by atoms with E-state index in [0.29, 0.717) is 17.5 Å². The fraction of sp³-hybridized carbons (Fsp3) is 0.231. The van der Waals surface area contributed by atoms with E-state index in [-0.39, 0.29) is 18.1 Å². The molecule has 0 bridgehead atoms. The third-order valence-corrected chi connectivity index (χ3v) is 2.62. The van der Waals surface area contributed by atoms with Crippen LogP contribution in [-0.2, 0) is 16.1 Å². The van der Waals surface area contributed by atoms with Crippen molar-refractivity contribution in [1.29, 1.82) is 0 Å². The zero-order valence-corrected chi connectivity index (χ0v) is 9.92. The Hall–Kier alpha value is -2.30. The number of hydrogen-bond acceptors (Lipinski definition) is 3. The largest absolute Gasteiger partial charge is 0.478 e. The number of aromatic nitrogens is 1. The summed E-state index contributed by atoms with van der Waals surface area (Å²) in [5.74, 6) is -1.39. The SMILES string of the molecule is CCOC(=O)Cn1cc(C(=O)O)c2ccccc21. The van der Waals surface area contributed by atoms with Gasteiger partial charge in [0.15, 0.2) is 0 Å². The average molecular weight is 247 g/mol. The number of benzene rings is 1. The van der Waals surface area contributed by atoms with Gasteiger partial charge >= 0.3 is 11.9 Å². The summed E-state index contributed by atoms with van der Waals surface area (Å²) in [6.45, 7) is 2.06. The lowest BCUT2D eigenvalue weighted by Gasteiger charge is -2.04. The first-order valence-electron chi connectivity index (χ1n) is 5.60. The second-order valence-electron chi connectivity index (χ2n) is 3.80. The van der Waals surface area contributed by atoms with Gasteiger partial charge in [-0.3, -0.25) is 4.79 Å². The van der Waals surface area contributed by atoms with Crippen LogP contribution in [0.3, 0.4) is 0 Å². The van der Waals surface area contributed by atoms with Crippen molar-refractivity contribution in [3.8, 4) is 0 Å². The van der Waals surface area contributed by atoms with Crippen molar-refractivity contribution in [3.05, 3.63) is 36.0 Å². The first-order valence-corrected chi connectivity index (χ1v) is 5.60. The van der Waals surface area contributed by atoms with Gasteiger partial charge in [-0.2, -0.15) is 0 Å².